The quantitative estimate of drug-likeness (QED) is 0.776. The number of nitriles is 1. The first-order chi connectivity index (χ1) is 7.72. The van der Waals surface area contributed by atoms with Crippen LogP contribution in [-0.4, -0.2) is 23.7 Å². The van der Waals surface area contributed by atoms with Crippen LogP contribution in [0.25, 0.3) is 0 Å². The summed E-state index contributed by atoms with van der Waals surface area (Å²) in [6.45, 7) is 0.724. The molecule has 1 fully saturated rings. The smallest absolute Gasteiger partial charge is 0.321 e. The number of nitrogens with one attached hydrogen (secondary N) is 1. The molecule has 0 aromatic heterocycles. The van der Waals surface area contributed by atoms with Gasteiger partial charge in [0.1, 0.15) is 6.04 Å². The SMILES string of the molecule is N#Cc1ccc(C2CCN[C@@H]2C(=O)O)cc1. The molecule has 0 radical (unpaired) electrons. The van der Waals surface area contributed by atoms with Gasteiger partial charge in [0.25, 0.3) is 0 Å². The fraction of sp³-hybridized carbons (Fsp3) is 0.333. The molecule has 4 heteroatoms. The summed E-state index contributed by atoms with van der Waals surface area (Å²) in [6.07, 6.45) is 0.822. The number of hydrogen-bond acceptors (Lipinski definition) is 3. The summed E-state index contributed by atoms with van der Waals surface area (Å²) in [5.41, 5.74) is 1.58. The normalized spacial score (nSPS) is 23.9. The molecular formula is C12H12N2O2. The number of nitrogens with zero attached hydrogens (tertiary/aromatic N) is 1. The Morgan fingerprint density at radius 3 is 2.69 bits per heavy atom. The second-order valence-corrected chi connectivity index (χ2v) is 3.90. The maximum atomic E-state index is 11.0. The van der Waals surface area contributed by atoms with Crippen molar-refractivity contribution in [1.82, 2.24) is 5.32 Å². The summed E-state index contributed by atoms with van der Waals surface area (Å²) in [6, 6.07) is 8.68. The molecule has 82 valence electrons. The zero-order valence-electron chi connectivity index (χ0n) is 8.68. The Morgan fingerprint density at radius 2 is 2.12 bits per heavy atom. The molecule has 1 aromatic carbocycles. The molecule has 2 atom stereocenters. The zero-order chi connectivity index (χ0) is 11.5. The van der Waals surface area contributed by atoms with Gasteiger partial charge in [-0.2, -0.15) is 5.26 Å². The molecule has 0 spiro atoms. The molecule has 2 N–H and O–H groups in total. The van der Waals surface area contributed by atoms with Crippen LogP contribution in [0.3, 0.4) is 0 Å². The minimum Gasteiger partial charge on any atom is -0.480 e. The lowest BCUT2D eigenvalue weighted by Crippen LogP contribution is -2.34. The second kappa shape index (κ2) is 4.33. The van der Waals surface area contributed by atoms with E-state index in [2.05, 4.69) is 5.32 Å². The van der Waals surface area contributed by atoms with Crippen molar-refractivity contribution in [3.05, 3.63) is 35.4 Å². The minimum atomic E-state index is -0.813. The van der Waals surface area contributed by atoms with Crippen molar-refractivity contribution in [3.63, 3.8) is 0 Å². The number of carboxylic acids is 1. The fourth-order valence-electron chi connectivity index (χ4n) is 2.13. The molecule has 1 saturated heterocycles. The van der Waals surface area contributed by atoms with Crippen LogP contribution < -0.4 is 5.32 Å². The van der Waals surface area contributed by atoms with Crippen LogP contribution in [0.5, 0.6) is 0 Å². The standard InChI is InChI=1S/C12H12N2O2/c13-7-8-1-3-9(4-2-8)10-5-6-14-11(10)12(15)16/h1-4,10-11,14H,5-6H2,(H,15,16)/t10?,11-/m0/s1. The third-order valence-electron chi connectivity index (χ3n) is 2.96. The first-order valence-corrected chi connectivity index (χ1v) is 5.18. The minimum absolute atomic E-state index is 0.00485. The van der Waals surface area contributed by atoms with Crippen molar-refractivity contribution in [3.8, 4) is 6.07 Å². The van der Waals surface area contributed by atoms with E-state index in [1.807, 2.05) is 18.2 Å². The molecule has 16 heavy (non-hydrogen) atoms. The highest BCUT2D eigenvalue weighted by atomic mass is 16.4. The van der Waals surface area contributed by atoms with E-state index in [4.69, 9.17) is 10.4 Å². The average molecular weight is 216 g/mol. The maximum Gasteiger partial charge on any atom is 0.321 e. The number of benzene rings is 1. The molecule has 1 aliphatic rings. The Kier molecular flexibility index (Phi) is 2.88. The Bertz CT molecular complexity index is 433. The van der Waals surface area contributed by atoms with E-state index in [1.165, 1.54) is 0 Å². The van der Waals surface area contributed by atoms with Crippen molar-refractivity contribution in [2.75, 3.05) is 6.54 Å². The second-order valence-electron chi connectivity index (χ2n) is 3.90. The molecule has 0 bridgehead atoms. The van der Waals surface area contributed by atoms with Gasteiger partial charge in [0.2, 0.25) is 0 Å². The van der Waals surface area contributed by atoms with E-state index in [9.17, 15) is 4.79 Å². The van der Waals surface area contributed by atoms with Crippen LogP contribution in [0.2, 0.25) is 0 Å². The van der Waals surface area contributed by atoms with Gasteiger partial charge in [-0.15, -0.1) is 0 Å². The molecule has 1 aliphatic heterocycles. The first-order valence-electron chi connectivity index (χ1n) is 5.18. The fourth-order valence-corrected chi connectivity index (χ4v) is 2.13. The van der Waals surface area contributed by atoms with Crippen molar-refractivity contribution in [2.24, 2.45) is 0 Å². The summed E-state index contributed by atoms with van der Waals surface area (Å²) in [5.74, 6) is -0.808. The first kappa shape index (κ1) is 10.7. The van der Waals surface area contributed by atoms with Crippen molar-refractivity contribution >= 4 is 5.97 Å². The zero-order valence-corrected chi connectivity index (χ0v) is 8.68. The van der Waals surface area contributed by atoms with Crippen LogP contribution >= 0.6 is 0 Å². The van der Waals surface area contributed by atoms with Gasteiger partial charge in [-0.05, 0) is 30.7 Å². The molecule has 1 aromatic rings. The van der Waals surface area contributed by atoms with Crippen molar-refractivity contribution in [2.45, 2.75) is 18.4 Å². The molecule has 1 unspecified atom stereocenters. The van der Waals surface area contributed by atoms with Crippen LogP contribution in [-0.2, 0) is 4.79 Å². The number of aliphatic carboxylic acids is 1. The van der Waals surface area contributed by atoms with Gasteiger partial charge in [-0.25, -0.2) is 0 Å². The van der Waals surface area contributed by atoms with Gasteiger partial charge in [0.15, 0.2) is 0 Å². The monoisotopic (exact) mass is 216 g/mol. The third-order valence-corrected chi connectivity index (χ3v) is 2.96. The number of hydrogen-bond donors (Lipinski definition) is 2. The van der Waals surface area contributed by atoms with Crippen LogP contribution in [0.1, 0.15) is 23.5 Å². The average Bonchev–Trinajstić information content (AvgIpc) is 2.78. The lowest BCUT2D eigenvalue weighted by Gasteiger charge is -2.15. The molecule has 2 rings (SSSR count). The molecule has 0 amide bonds. The Hall–Kier alpha value is -1.86. The summed E-state index contributed by atoms with van der Waals surface area (Å²) in [5, 5.41) is 20.7. The van der Waals surface area contributed by atoms with E-state index < -0.39 is 12.0 Å². The molecule has 1 heterocycles. The molecule has 4 nitrogen and oxygen atoms in total. The number of carbonyl (C=O) groups is 1. The van der Waals surface area contributed by atoms with E-state index in [0.717, 1.165) is 18.5 Å². The summed E-state index contributed by atoms with van der Waals surface area (Å²) >= 11 is 0. The van der Waals surface area contributed by atoms with E-state index in [-0.39, 0.29) is 5.92 Å². The van der Waals surface area contributed by atoms with Gasteiger partial charge in [-0.3, -0.25) is 4.79 Å². The van der Waals surface area contributed by atoms with Crippen molar-refractivity contribution in [1.29, 1.82) is 5.26 Å². The van der Waals surface area contributed by atoms with Gasteiger partial charge in [0.05, 0.1) is 11.6 Å². The number of carboxylic acid groups (broad SMARTS) is 1. The molecular weight excluding hydrogens is 204 g/mol. The number of rotatable bonds is 2. The summed E-state index contributed by atoms with van der Waals surface area (Å²) in [4.78, 5) is 11.0. The molecule has 0 saturated carbocycles. The largest absolute Gasteiger partial charge is 0.480 e. The predicted molar refractivity (Wildman–Crippen MR) is 57.9 cm³/mol. The van der Waals surface area contributed by atoms with Gasteiger partial charge >= 0.3 is 5.97 Å². The van der Waals surface area contributed by atoms with Gasteiger partial charge < -0.3 is 10.4 Å². The predicted octanol–water partition coefficient (Wildman–Crippen LogP) is 1.09. The highest BCUT2D eigenvalue weighted by Gasteiger charge is 2.33. The Morgan fingerprint density at radius 1 is 1.44 bits per heavy atom. The third kappa shape index (κ3) is 1.90. The van der Waals surface area contributed by atoms with E-state index >= 15 is 0 Å². The topological polar surface area (TPSA) is 73.1 Å². The van der Waals surface area contributed by atoms with E-state index in [0.29, 0.717) is 5.56 Å². The van der Waals surface area contributed by atoms with Gasteiger partial charge in [-0.1, -0.05) is 12.1 Å². The Labute approximate surface area is 93.5 Å². The summed E-state index contributed by atoms with van der Waals surface area (Å²) in [7, 11) is 0. The summed E-state index contributed by atoms with van der Waals surface area (Å²) < 4.78 is 0. The van der Waals surface area contributed by atoms with Crippen LogP contribution in [0.15, 0.2) is 24.3 Å². The lowest BCUT2D eigenvalue weighted by molar-refractivity contribution is -0.139. The van der Waals surface area contributed by atoms with Crippen LogP contribution in [0.4, 0.5) is 0 Å². The molecule has 0 aliphatic carbocycles. The van der Waals surface area contributed by atoms with Crippen LogP contribution in [0, 0.1) is 11.3 Å². The van der Waals surface area contributed by atoms with E-state index in [1.54, 1.807) is 12.1 Å². The van der Waals surface area contributed by atoms with Crippen molar-refractivity contribution < 1.29 is 9.90 Å². The lowest BCUT2D eigenvalue weighted by atomic mass is 9.91. The van der Waals surface area contributed by atoms with Gasteiger partial charge in [0, 0.05) is 5.92 Å². The highest BCUT2D eigenvalue weighted by molar-refractivity contribution is 5.75. The highest BCUT2D eigenvalue weighted by Crippen LogP contribution is 2.27. The Balaban J connectivity index is 2.23. The maximum absolute atomic E-state index is 11.0.